The number of morpholine rings is 1. The van der Waals surface area contributed by atoms with Crippen LogP contribution in [0.15, 0.2) is 0 Å². The Bertz CT molecular complexity index is 139. The minimum atomic E-state index is -0.142. The van der Waals surface area contributed by atoms with E-state index in [0.29, 0.717) is 0 Å². The lowest BCUT2D eigenvalue weighted by Crippen LogP contribution is -2.41. The summed E-state index contributed by atoms with van der Waals surface area (Å²) in [6.45, 7) is 2.78. The lowest BCUT2D eigenvalue weighted by Gasteiger charge is -2.31. The van der Waals surface area contributed by atoms with Crippen LogP contribution < -0.4 is 0 Å². The van der Waals surface area contributed by atoms with E-state index in [9.17, 15) is 0 Å². The molecule has 1 aliphatic heterocycles. The van der Waals surface area contributed by atoms with Gasteiger partial charge in [0.1, 0.15) is 0 Å². The van der Waals surface area contributed by atoms with Gasteiger partial charge in [0.2, 0.25) is 0 Å². The molecule has 4 nitrogen and oxygen atoms in total. The van der Waals surface area contributed by atoms with Gasteiger partial charge in [-0.2, -0.15) is 0 Å². The Morgan fingerprint density at radius 2 is 2.15 bits per heavy atom. The SMILES string of the molecule is COC(CC1CN(C)CCO1)OC. The van der Waals surface area contributed by atoms with E-state index in [2.05, 4.69) is 11.9 Å². The highest BCUT2D eigenvalue weighted by Crippen LogP contribution is 2.11. The summed E-state index contributed by atoms with van der Waals surface area (Å²) in [5, 5.41) is 0. The molecule has 1 aliphatic rings. The van der Waals surface area contributed by atoms with Gasteiger partial charge < -0.3 is 19.1 Å². The van der Waals surface area contributed by atoms with Crippen LogP contribution in [0.5, 0.6) is 0 Å². The van der Waals surface area contributed by atoms with E-state index in [1.165, 1.54) is 0 Å². The highest BCUT2D eigenvalue weighted by atomic mass is 16.7. The summed E-state index contributed by atoms with van der Waals surface area (Å²) in [5.41, 5.74) is 0. The maximum Gasteiger partial charge on any atom is 0.159 e. The molecule has 1 fully saturated rings. The fourth-order valence-corrected chi connectivity index (χ4v) is 1.51. The van der Waals surface area contributed by atoms with Gasteiger partial charge in [-0.25, -0.2) is 0 Å². The number of rotatable bonds is 4. The smallest absolute Gasteiger partial charge is 0.159 e. The van der Waals surface area contributed by atoms with E-state index in [1.807, 2.05) is 0 Å². The number of methoxy groups -OCH3 is 2. The molecule has 1 saturated heterocycles. The quantitative estimate of drug-likeness (QED) is 0.596. The molecule has 0 aromatic rings. The molecule has 0 bridgehead atoms. The molecule has 0 radical (unpaired) electrons. The maximum atomic E-state index is 5.58. The molecule has 0 N–H and O–H groups in total. The van der Waals surface area contributed by atoms with Gasteiger partial charge in [0, 0.05) is 33.7 Å². The van der Waals surface area contributed by atoms with Crippen molar-refractivity contribution in [2.24, 2.45) is 0 Å². The molecule has 78 valence electrons. The highest BCUT2D eigenvalue weighted by Gasteiger charge is 2.21. The van der Waals surface area contributed by atoms with Gasteiger partial charge in [0.25, 0.3) is 0 Å². The summed E-state index contributed by atoms with van der Waals surface area (Å²) in [5.74, 6) is 0. The average Bonchev–Trinajstić information content (AvgIpc) is 2.14. The Morgan fingerprint density at radius 1 is 1.46 bits per heavy atom. The van der Waals surface area contributed by atoms with Gasteiger partial charge in [-0.05, 0) is 7.05 Å². The first-order valence-corrected chi connectivity index (χ1v) is 4.62. The van der Waals surface area contributed by atoms with E-state index in [4.69, 9.17) is 14.2 Å². The van der Waals surface area contributed by atoms with Crippen LogP contribution in [0.3, 0.4) is 0 Å². The van der Waals surface area contributed by atoms with E-state index >= 15 is 0 Å². The summed E-state index contributed by atoms with van der Waals surface area (Å²) in [6, 6.07) is 0. The first kappa shape index (κ1) is 10.9. The van der Waals surface area contributed by atoms with Crippen LogP contribution in [0.2, 0.25) is 0 Å². The van der Waals surface area contributed by atoms with Crippen molar-refractivity contribution in [3.8, 4) is 0 Å². The molecule has 4 heteroatoms. The van der Waals surface area contributed by atoms with E-state index < -0.39 is 0 Å². The Morgan fingerprint density at radius 3 is 2.69 bits per heavy atom. The Kier molecular flexibility index (Phi) is 4.66. The molecular formula is C9H19NO3. The zero-order chi connectivity index (χ0) is 9.68. The predicted octanol–water partition coefficient (Wildman–Crippen LogP) is 0.326. The van der Waals surface area contributed by atoms with Crippen LogP contribution in [-0.4, -0.2) is 58.3 Å². The highest BCUT2D eigenvalue weighted by molar-refractivity contribution is 4.69. The van der Waals surface area contributed by atoms with Crippen LogP contribution in [-0.2, 0) is 14.2 Å². The molecule has 13 heavy (non-hydrogen) atoms. The molecule has 0 saturated carbocycles. The van der Waals surface area contributed by atoms with Crippen molar-refractivity contribution in [2.75, 3.05) is 41.0 Å². The fourth-order valence-electron chi connectivity index (χ4n) is 1.51. The topological polar surface area (TPSA) is 30.9 Å². The van der Waals surface area contributed by atoms with Crippen LogP contribution in [0.1, 0.15) is 6.42 Å². The standard InChI is InChI=1S/C9H19NO3/c1-10-4-5-13-8(7-10)6-9(11-2)12-3/h8-9H,4-7H2,1-3H3. The summed E-state index contributed by atoms with van der Waals surface area (Å²) in [7, 11) is 5.41. The van der Waals surface area contributed by atoms with Crippen molar-refractivity contribution in [3.63, 3.8) is 0 Å². The largest absolute Gasteiger partial charge is 0.375 e. The third-order valence-corrected chi connectivity index (χ3v) is 2.32. The van der Waals surface area contributed by atoms with Crippen molar-refractivity contribution in [3.05, 3.63) is 0 Å². The maximum absolute atomic E-state index is 5.58. The second-order valence-electron chi connectivity index (χ2n) is 3.39. The molecule has 1 rings (SSSR count). The van der Waals surface area contributed by atoms with E-state index in [1.54, 1.807) is 14.2 Å². The summed E-state index contributed by atoms with van der Waals surface area (Å²) in [6.07, 6.45) is 0.900. The lowest BCUT2D eigenvalue weighted by molar-refractivity contribution is -0.139. The van der Waals surface area contributed by atoms with Gasteiger partial charge in [0.05, 0.1) is 12.7 Å². The molecule has 1 atom stereocenters. The normalized spacial score (nSPS) is 25.4. The number of nitrogens with zero attached hydrogens (tertiary/aromatic N) is 1. The molecule has 0 amide bonds. The number of hydrogen-bond acceptors (Lipinski definition) is 4. The van der Waals surface area contributed by atoms with Crippen molar-refractivity contribution in [1.29, 1.82) is 0 Å². The molecular weight excluding hydrogens is 170 g/mol. The van der Waals surface area contributed by atoms with Gasteiger partial charge in [-0.15, -0.1) is 0 Å². The van der Waals surface area contributed by atoms with E-state index in [0.717, 1.165) is 26.1 Å². The second kappa shape index (κ2) is 5.54. The van der Waals surface area contributed by atoms with Gasteiger partial charge >= 0.3 is 0 Å². The Hall–Kier alpha value is -0.160. The third-order valence-electron chi connectivity index (χ3n) is 2.32. The van der Waals surface area contributed by atoms with Crippen molar-refractivity contribution >= 4 is 0 Å². The molecule has 0 spiro atoms. The monoisotopic (exact) mass is 189 g/mol. The van der Waals surface area contributed by atoms with Crippen molar-refractivity contribution in [2.45, 2.75) is 18.8 Å². The van der Waals surface area contributed by atoms with Crippen LogP contribution in [0.4, 0.5) is 0 Å². The first-order valence-electron chi connectivity index (χ1n) is 4.62. The van der Waals surface area contributed by atoms with Crippen LogP contribution in [0.25, 0.3) is 0 Å². The van der Waals surface area contributed by atoms with Crippen molar-refractivity contribution in [1.82, 2.24) is 4.90 Å². The molecule has 0 aliphatic carbocycles. The third kappa shape index (κ3) is 3.60. The fraction of sp³-hybridized carbons (Fsp3) is 1.00. The van der Waals surface area contributed by atoms with Gasteiger partial charge in [-0.3, -0.25) is 0 Å². The number of likely N-dealkylation sites (N-methyl/N-ethyl adjacent to an activating group) is 1. The molecule has 1 heterocycles. The van der Waals surface area contributed by atoms with E-state index in [-0.39, 0.29) is 12.4 Å². The predicted molar refractivity (Wildman–Crippen MR) is 49.7 cm³/mol. The zero-order valence-electron chi connectivity index (χ0n) is 8.66. The number of ether oxygens (including phenoxy) is 3. The number of hydrogen-bond donors (Lipinski definition) is 0. The van der Waals surface area contributed by atoms with Gasteiger partial charge in [-0.1, -0.05) is 0 Å². The summed E-state index contributed by atoms with van der Waals surface area (Å²) >= 11 is 0. The molecule has 0 aromatic carbocycles. The minimum absolute atomic E-state index is 0.142. The zero-order valence-corrected chi connectivity index (χ0v) is 8.66. The Balaban J connectivity index is 2.26. The first-order chi connectivity index (χ1) is 6.26. The summed E-state index contributed by atoms with van der Waals surface area (Å²) < 4.78 is 15.8. The van der Waals surface area contributed by atoms with Crippen LogP contribution in [0, 0.1) is 0 Å². The van der Waals surface area contributed by atoms with Crippen molar-refractivity contribution < 1.29 is 14.2 Å². The van der Waals surface area contributed by atoms with Gasteiger partial charge in [0.15, 0.2) is 6.29 Å². The molecule has 0 aromatic heterocycles. The second-order valence-corrected chi connectivity index (χ2v) is 3.39. The summed E-state index contributed by atoms with van der Waals surface area (Å²) in [4.78, 5) is 2.26. The average molecular weight is 189 g/mol. The lowest BCUT2D eigenvalue weighted by atomic mass is 10.2. The Labute approximate surface area is 79.8 Å². The van der Waals surface area contributed by atoms with Crippen LogP contribution >= 0.6 is 0 Å². The molecule has 1 unspecified atom stereocenters. The minimum Gasteiger partial charge on any atom is -0.375 e.